The van der Waals surface area contributed by atoms with E-state index in [4.69, 9.17) is 0 Å². The maximum atomic E-state index is 12.7. The molecular formula is C21H19Br2OP. The summed E-state index contributed by atoms with van der Waals surface area (Å²) in [6.07, 6.45) is 0. The fourth-order valence-electron chi connectivity index (χ4n) is 3.34. The SMILES string of the molecule is CC(=O)C(Br)P(Br)(c1ccccc1)(c1ccccc1)c1ccccc1. The van der Waals surface area contributed by atoms with E-state index in [9.17, 15) is 4.79 Å². The number of hydrogen-bond acceptors (Lipinski definition) is 1. The number of carbonyl (C=O) groups excluding carboxylic acids is 1. The van der Waals surface area contributed by atoms with Crippen molar-refractivity contribution in [1.82, 2.24) is 0 Å². The van der Waals surface area contributed by atoms with Gasteiger partial charge < -0.3 is 0 Å². The molecule has 0 bridgehead atoms. The molecular weight excluding hydrogens is 459 g/mol. The van der Waals surface area contributed by atoms with E-state index in [1.54, 1.807) is 6.92 Å². The van der Waals surface area contributed by atoms with Crippen LogP contribution in [0.25, 0.3) is 0 Å². The summed E-state index contributed by atoms with van der Waals surface area (Å²) in [4.78, 5) is 12.7. The summed E-state index contributed by atoms with van der Waals surface area (Å²) in [6, 6.07) is 30.9. The fourth-order valence-corrected chi connectivity index (χ4v) is 13.1. The maximum absolute atomic E-state index is 12.7. The zero-order valence-electron chi connectivity index (χ0n) is 13.8. The van der Waals surface area contributed by atoms with Crippen molar-refractivity contribution in [3.8, 4) is 0 Å². The summed E-state index contributed by atoms with van der Waals surface area (Å²) < 4.78 is -0.370. The molecule has 1 nitrogen and oxygen atoms in total. The molecule has 1 atom stereocenters. The Morgan fingerprint density at radius 2 is 1.00 bits per heavy atom. The number of alkyl halides is 1. The van der Waals surface area contributed by atoms with Crippen molar-refractivity contribution in [3.63, 3.8) is 0 Å². The minimum atomic E-state index is -3.23. The Morgan fingerprint density at radius 3 is 1.24 bits per heavy atom. The van der Waals surface area contributed by atoms with E-state index in [2.05, 4.69) is 67.8 Å². The first-order valence-electron chi connectivity index (χ1n) is 8.04. The summed E-state index contributed by atoms with van der Waals surface area (Å²) in [5.41, 5.74) is 0. The number of ketones is 1. The standard InChI is InChI=1S/C21H19Br2OP/c1-17(24)21(22)25(23,18-11-5-2-6-12-18,19-13-7-3-8-14-19)20-15-9-4-10-16-20/h2-16,21H,1H3. The molecule has 25 heavy (non-hydrogen) atoms. The molecule has 0 amide bonds. The number of hydrogen-bond donors (Lipinski definition) is 0. The molecule has 3 aromatic carbocycles. The van der Waals surface area contributed by atoms with E-state index in [-0.39, 0.29) is 10.4 Å². The summed E-state index contributed by atoms with van der Waals surface area (Å²) in [6.45, 7) is 1.65. The van der Waals surface area contributed by atoms with Gasteiger partial charge in [0, 0.05) is 0 Å². The Hall–Kier alpha value is -1.28. The van der Waals surface area contributed by atoms with E-state index < -0.39 is 5.31 Å². The topological polar surface area (TPSA) is 17.1 Å². The predicted octanol–water partition coefficient (Wildman–Crippen LogP) is 5.14. The summed E-state index contributed by atoms with van der Waals surface area (Å²) in [7, 11) is 0. The molecule has 0 aromatic heterocycles. The van der Waals surface area contributed by atoms with Crippen LogP contribution in [-0.4, -0.2) is 10.4 Å². The molecule has 0 heterocycles. The molecule has 128 valence electrons. The molecule has 3 aromatic rings. The van der Waals surface area contributed by atoms with Gasteiger partial charge in [0.15, 0.2) is 0 Å². The summed E-state index contributed by atoms with van der Waals surface area (Å²) >= 11 is 8.04. The van der Waals surface area contributed by atoms with Crippen molar-refractivity contribution in [1.29, 1.82) is 0 Å². The van der Waals surface area contributed by atoms with Gasteiger partial charge in [-0.1, -0.05) is 0 Å². The molecule has 0 fully saturated rings. The zero-order chi connectivity index (χ0) is 17.9. The molecule has 0 spiro atoms. The van der Waals surface area contributed by atoms with Gasteiger partial charge in [0.25, 0.3) is 0 Å². The third-order valence-electron chi connectivity index (χ3n) is 4.54. The van der Waals surface area contributed by atoms with Crippen LogP contribution in [0.4, 0.5) is 0 Å². The van der Waals surface area contributed by atoms with E-state index >= 15 is 0 Å². The van der Waals surface area contributed by atoms with Crippen LogP contribution in [0.3, 0.4) is 0 Å². The second-order valence-corrected chi connectivity index (χ2v) is 16.3. The average Bonchev–Trinajstić information content (AvgIpc) is 2.69. The van der Waals surface area contributed by atoms with Crippen molar-refractivity contribution in [2.75, 3.05) is 0 Å². The normalized spacial score (nSPS) is 14.3. The Morgan fingerprint density at radius 1 is 0.720 bits per heavy atom. The van der Waals surface area contributed by atoms with E-state index in [0.717, 1.165) is 15.9 Å². The predicted molar refractivity (Wildman–Crippen MR) is 117 cm³/mol. The number of carbonyl (C=O) groups is 1. The van der Waals surface area contributed by atoms with Crippen molar-refractivity contribution in [3.05, 3.63) is 91.0 Å². The number of Topliss-reactive ketones (excluding diaryl/α,β-unsaturated/α-hetero) is 1. The van der Waals surface area contributed by atoms with Gasteiger partial charge in [0.05, 0.1) is 0 Å². The quantitative estimate of drug-likeness (QED) is 0.367. The van der Waals surface area contributed by atoms with Crippen LogP contribution in [0.1, 0.15) is 6.92 Å². The first kappa shape index (κ1) is 18.5. The molecule has 0 aliphatic rings. The number of benzene rings is 3. The Bertz CT molecular complexity index is 767. The summed E-state index contributed by atoms with van der Waals surface area (Å²) in [5.74, 6) is 0.103. The molecule has 0 saturated carbocycles. The van der Waals surface area contributed by atoms with Gasteiger partial charge in [-0.05, 0) is 0 Å². The van der Waals surface area contributed by atoms with Crippen molar-refractivity contribution < 1.29 is 4.79 Å². The van der Waals surface area contributed by atoms with Crippen molar-refractivity contribution >= 4 is 58.4 Å². The second-order valence-electron chi connectivity index (χ2n) is 6.03. The Kier molecular flexibility index (Phi) is 5.29. The van der Waals surface area contributed by atoms with Gasteiger partial charge in [0.1, 0.15) is 0 Å². The minimum absolute atomic E-state index is 0.103. The number of rotatable bonds is 5. The third-order valence-corrected chi connectivity index (χ3v) is 19.3. The van der Waals surface area contributed by atoms with Crippen LogP contribution in [0.15, 0.2) is 91.0 Å². The van der Waals surface area contributed by atoms with E-state index in [1.165, 1.54) is 0 Å². The van der Waals surface area contributed by atoms with Gasteiger partial charge in [-0.25, -0.2) is 0 Å². The average molecular weight is 478 g/mol. The van der Waals surface area contributed by atoms with E-state index in [0.29, 0.717) is 0 Å². The van der Waals surface area contributed by atoms with Crippen LogP contribution >= 0.6 is 36.7 Å². The molecule has 0 aliphatic heterocycles. The van der Waals surface area contributed by atoms with Crippen molar-refractivity contribution in [2.45, 2.75) is 11.5 Å². The van der Waals surface area contributed by atoms with Crippen LogP contribution < -0.4 is 15.9 Å². The zero-order valence-corrected chi connectivity index (χ0v) is 17.9. The molecule has 1 unspecified atom stereocenters. The second kappa shape index (κ2) is 7.15. The van der Waals surface area contributed by atoms with Gasteiger partial charge in [-0.2, -0.15) is 0 Å². The Labute approximate surface area is 165 Å². The third kappa shape index (κ3) is 2.83. The van der Waals surface area contributed by atoms with Gasteiger partial charge >= 0.3 is 166 Å². The molecule has 0 aliphatic carbocycles. The molecule has 3 rings (SSSR count). The molecule has 0 saturated heterocycles. The first-order chi connectivity index (χ1) is 12.0. The number of halogens is 2. The van der Waals surface area contributed by atoms with E-state index in [1.807, 2.05) is 54.6 Å². The Balaban J connectivity index is 2.52. The van der Waals surface area contributed by atoms with Crippen LogP contribution in [0.5, 0.6) is 0 Å². The van der Waals surface area contributed by atoms with Crippen molar-refractivity contribution in [2.24, 2.45) is 0 Å². The molecule has 4 heteroatoms. The van der Waals surface area contributed by atoms with Crippen LogP contribution in [-0.2, 0) is 4.79 Å². The van der Waals surface area contributed by atoms with Crippen LogP contribution in [0, 0.1) is 0 Å². The van der Waals surface area contributed by atoms with Gasteiger partial charge in [-0.3, -0.25) is 0 Å². The fraction of sp³-hybridized carbons (Fsp3) is 0.0952. The summed E-state index contributed by atoms with van der Waals surface area (Å²) in [5, 5.41) is 0.158. The molecule has 0 N–H and O–H groups in total. The monoisotopic (exact) mass is 476 g/mol. The first-order valence-corrected chi connectivity index (χ1v) is 13.3. The van der Waals surface area contributed by atoms with Crippen LogP contribution in [0.2, 0.25) is 0 Å². The van der Waals surface area contributed by atoms with Gasteiger partial charge in [-0.15, -0.1) is 0 Å². The molecule has 0 radical (unpaired) electrons. The van der Waals surface area contributed by atoms with Gasteiger partial charge in [0.2, 0.25) is 0 Å².